The Kier molecular flexibility index (Phi) is 7.79. The molecule has 0 radical (unpaired) electrons. The summed E-state index contributed by atoms with van der Waals surface area (Å²) < 4.78 is 23.0. The molecule has 11 heteroatoms. The minimum absolute atomic E-state index is 0.162. The monoisotopic (exact) mass is 566 g/mol. The number of nitrogens with one attached hydrogen (secondary N) is 1. The molecular formula is C31H31FN8O2. The number of hydrogen-bond acceptors (Lipinski definition) is 8. The fourth-order valence-corrected chi connectivity index (χ4v) is 5.74. The molecule has 2 fully saturated rings. The molecule has 3 N–H and O–H groups in total. The highest BCUT2D eigenvalue weighted by Gasteiger charge is 2.31. The second-order valence-corrected chi connectivity index (χ2v) is 10.7. The van der Waals surface area contributed by atoms with Gasteiger partial charge >= 0.3 is 0 Å². The van der Waals surface area contributed by atoms with Crippen molar-refractivity contribution in [3.05, 3.63) is 72.3 Å². The van der Waals surface area contributed by atoms with E-state index in [0.29, 0.717) is 41.3 Å². The summed E-state index contributed by atoms with van der Waals surface area (Å²) in [6, 6.07) is 15.6. The van der Waals surface area contributed by atoms with Gasteiger partial charge in [0.25, 0.3) is 5.91 Å². The molecule has 2 aliphatic rings. The van der Waals surface area contributed by atoms with Crippen LogP contribution in [-0.2, 0) is 4.79 Å². The zero-order valence-electron chi connectivity index (χ0n) is 23.0. The van der Waals surface area contributed by atoms with Crippen molar-refractivity contribution in [3.63, 3.8) is 0 Å². The van der Waals surface area contributed by atoms with E-state index in [9.17, 15) is 10.1 Å². The first-order valence-corrected chi connectivity index (χ1v) is 14.1. The van der Waals surface area contributed by atoms with Crippen LogP contribution in [0.4, 0.5) is 10.2 Å². The summed E-state index contributed by atoms with van der Waals surface area (Å²) in [6.07, 6.45) is 6.58. The summed E-state index contributed by atoms with van der Waals surface area (Å²) >= 11 is 0. The van der Waals surface area contributed by atoms with Crippen molar-refractivity contribution in [3.8, 4) is 28.8 Å². The van der Waals surface area contributed by atoms with Crippen molar-refractivity contribution in [1.29, 1.82) is 5.26 Å². The molecule has 2 aliphatic heterocycles. The van der Waals surface area contributed by atoms with Crippen LogP contribution >= 0.6 is 0 Å². The molecule has 214 valence electrons. The number of amides is 1. The Hall–Kier alpha value is -4.82. The van der Waals surface area contributed by atoms with Crippen LogP contribution in [0.15, 0.2) is 66.5 Å². The third kappa shape index (κ3) is 5.53. The molecule has 1 amide bonds. The molecule has 42 heavy (non-hydrogen) atoms. The topological polar surface area (TPSA) is 135 Å². The molecule has 0 aliphatic carbocycles. The molecule has 2 aromatic heterocycles. The van der Waals surface area contributed by atoms with E-state index in [4.69, 9.17) is 15.6 Å². The minimum Gasteiger partial charge on any atom is -0.457 e. The van der Waals surface area contributed by atoms with Crippen LogP contribution in [0.3, 0.4) is 0 Å². The van der Waals surface area contributed by atoms with Gasteiger partial charge in [-0.15, -0.1) is 0 Å². The first kappa shape index (κ1) is 27.4. The number of aromatic nitrogens is 4. The number of carbonyl (C=O) groups is 1. The van der Waals surface area contributed by atoms with E-state index in [1.807, 2.05) is 18.2 Å². The van der Waals surface area contributed by atoms with Gasteiger partial charge in [-0.25, -0.2) is 19.0 Å². The van der Waals surface area contributed by atoms with Crippen LogP contribution in [0.2, 0.25) is 0 Å². The van der Waals surface area contributed by atoms with Crippen molar-refractivity contribution < 1.29 is 13.9 Å². The van der Waals surface area contributed by atoms with Gasteiger partial charge in [-0.3, -0.25) is 4.79 Å². The number of nitrogens with two attached hydrogens (primary N) is 1. The summed E-state index contributed by atoms with van der Waals surface area (Å²) in [5, 5.41) is 18.4. The van der Waals surface area contributed by atoms with Gasteiger partial charge in [-0.2, -0.15) is 10.4 Å². The van der Waals surface area contributed by atoms with Gasteiger partial charge in [0.15, 0.2) is 5.65 Å². The Morgan fingerprint density at radius 2 is 2.00 bits per heavy atom. The number of para-hydroxylation sites is 1. The fourth-order valence-electron chi connectivity index (χ4n) is 5.74. The van der Waals surface area contributed by atoms with E-state index in [2.05, 4.69) is 21.4 Å². The zero-order valence-corrected chi connectivity index (χ0v) is 23.0. The summed E-state index contributed by atoms with van der Waals surface area (Å²) in [5.74, 6) is 0.484. The number of halogens is 1. The van der Waals surface area contributed by atoms with Crippen molar-refractivity contribution in [2.45, 2.75) is 31.7 Å². The Bertz CT molecular complexity index is 1670. The molecule has 10 nitrogen and oxygen atoms in total. The molecule has 2 atom stereocenters. The SMILES string of the molecule is N#C/C(=C\C1CCCNC1)C(=O)N1CCC[C@@H](n2nc(-c3ccc(Oc4ccccc4)cc3F)c3c(N)ncnc32)C1. The van der Waals surface area contributed by atoms with E-state index < -0.39 is 5.82 Å². The second kappa shape index (κ2) is 12.0. The maximum absolute atomic E-state index is 15.5. The number of anilines is 1. The van der Waals surface area contributed by atoms with Crippen molar-refractivity contribution >= 4 is 22.8 Å². The van der Waals surface area contributed by atoms with Crippen LogP contribution in [0.1, 0.15) is 31.7 Å². The highest BCUT2D eigenvalue weighted by Crippen LogP contribution is 2.36. The number of likely N-dealkylation sites (tertiary alicyclic amines) is 1. The van der Waals surface area contributed by atoms with E-state index in [1.54, 1.807) is 39.9 Å². The molecule has 2 saturated heterocycles. The first-order valence-electron chi connectivity index (χ1n) is 14.1. The average Bonchev–Trinajstić information content (AvgIpc) is 3.41. The molecule has 0 saturated carbocycles. The van der Waals surface area contributed by atoms with Crippen LogP contribution in [0, 0.1) is 23.1 Å². The highest BCUT2D eigenvalue weighted by molar-refractivity contribution is 5.99. The number of carbonyl (C=O) groups excluding carboxylic acids is 1. The molecule has 0 bridgehead atoms. The second-order valence-electron chi connectivity index (χ2n) is 10.7. The lowest BCUT2D eigenvalue weighted by Crippen LogP contribution is -2.41. The standard InChI is InChI=1S/C31H31FN8O2/c32-26-15-24(42-23-8-2-1-3-9-23)10-11-25(26)28-27-29(34)36-19-37-30(27)40(38-28)22-7-5-13-39(18-22)31(41)21(16-33)14-20-6-4-12-35-17-20/h1-3,8-11,14-15,19-20,22,35H,4-7,12-13,17-18H2,(H2,34,36,37)/b21-14+/t20?,22-/m1/s1. The van der Waals surface area contributed by atoms with Gasteiger partial charge in [0.2, 0.25) is 0 Å². The van der Waals surface area contributed by atoms with E-state index >= 15 is 4.39 Å². The molecule has 4 aromatic rings. The summed E-state index contributed by atoms with van der Waals surface area (Å²) in [6.45, 7) is 2.60. The molecule has 2 aromatic carbocycles. The summed E-state index contributed by atoms with van der Waals surface area (Å²) in [4.78, 5) is 23.7. The lowest BCUT2D eigenvalue weighted by atomic mass is 9.96. The van der Waals surface area contributed by atoms with Gasteiger partial charge in [0.1, 0.15) is 46.8 Å². The predicted molar refractivity (Wildman–Crippen MR) is 156 cm³/mol. The van der Waals surface area contributed by atoms with Crippen LogP contribution < -0.4 is 15.8 Å². The minimum atomic E-state index is -0.528. The Labute approximate surface area is 242 Å². The Balaban J connectivity index is 1.29. The number of piperidine rings is 2. The maximum atomic E-state index is 15.5. The van der Waals surface area contributed by atoms with Crippen LogP contribution in [-0.4, -0.2) is 56.7 Å². The molecule has 6 rings (SSSR count). The molecular weight excluding hydrogens is 535 g/mol. The third-order valence-corrected chi connectivity index (χ3v) is 7.81. The number of benzene rings is 2. The number of nitrogen functional groups attached to an aromatic ring is 1. The normalized spacial score (nSPS) is 19.4. The van der Waals surface area contributed by atoms with E-state index in [1.165, 1.54) is 12.4 Å². The van der Waals surface area contributed by atoms with Gasteiger partial charge < -0.3 is 20.7 Å². The van der Waals surface area contributed by atoms with Crippen molar-refractivity contribution in [2.75, 3.05) is 31.9 Å². The number of ether oxygens (including phenoxy) is 1. The number of rotatable bonds is 6. The first-order chi connectivity index (χ1) is 20.5. The third-order valence-electron chi connectivity index (χ3n) is 7.81. The Morgan fingerprint density at radius 3 is 2.76 bits per heavy atom. The molecule has 0 spiro atoms. The van der Waals surface area contributed by atoms with Gasteiger partial charge in [-0.1, -0.05) is 24.3 Å². The quantitative estimate of drug-likeness (QED) is 0.255. The number of nitriles is 1. The largest absolute Gasteiger partial charge is 0.457 e. The number of nitrogens with zero attached hydrogens (tertiary/aromatic N) is 6. The van der Waals surface area contributed by atoms with Crippen LogP contribution in [0.5, 0.6) is 11.5 Å². The lowest BCUT2D eigenvalue weighted by molar-refractivity contribution is -0.128. The van der Waals surface area contributed by atoms with Crippen LogP contribution in [0.25, 0.3) is 22.3 Å². The predicted octanol–water partition coefficient (Wildman–Crippen LogP) is 4.62. The van der Waals surface area contributed by atoms with Gasteiger partial charge in [0, 0.05) is 31.3 Å². The lowest BCUT2D eigenvalue weighted by Gasteiger charge is -2.33. The fraction of sp³-hybridized carbons (Fsp3) is 0.323. The summed E-state index contributed by atoms with van der Waals surface area (Å²) in [5.41, 5.74) is 7.46. The number of fused-ring (bicyclic) bond motifs is 1. The maximum Gasteiger partial charge on any atom is 0.264 e. The van der Waals surface area contributed by atoms with E-state index in [0.717, 1.165) is 38.8 Å². The average molecular weight is 567 g/mol. The summed E-state index contributed by atoms with van der Waals surface area (Å²) in [7, 11) is 0. The van der Waals surface area contributed by atoms with Gasteiger partial charge in [-0.05, 0) is 62.4 Å². The number of hydrogen-bond donors (Lipinski definition) is 2. The van der Waals surface area contributed by atoms with Crippen molar-refractivity contribution in [1.82, 2.24) is 30.0 Å². The highest BCUT2D eigenvalue weighted by atomic mass is 19.1. The smallest absolute Gasteiger partial charge is 0.264 e. The Morgan fingerprint density at radius 1 is 1.14 bits per heavy atom. The van der Waals surface area contributed by atoms with E-state index in [-0.39, 0.29) is 34.8 Å². The van der Waals surface area contributed by atoms with Gasteiger partial charge in [0.05, 0.1) is 11.4 Å². The zero-order chi connectivity index (χ0) is 29.1. The molecule has 4 heterocycles. The molecule has 1 unspecified atom stereocenters. The van der Waals surface area contributed by atoms with Crippen molar-refractivity contribution in [2.24, 2.45) is 5.92 Å².